The third-order valence-corrected chi connectivity index (χ3v) is 6.17. The fraction of sp³-hybridized carbons (Fsp3) is 0.882. The second kappa shape index (κ2) is 5.36. The van der Waals surface area contributed by atoms with Crippen LogP contribution in [-0.2, 0) is 0 Å². The first-order valence-electron chi connectivity index (χ1n) is 7.81. The lowest BCUT2D eigenvalue weighted by Crippen LogP contribution is -2.42. The molecule has 0 aliphatic heterocycles. The van der Waals surface area contributed by atoms with Crippen LogP contribution in [0.1, 0.15) is 66.2 Å². The molecule has 0 spiro atoms. The van der Waals surface area contributed by atoms with Crippen LogP contribution in [0, 0.1) is 23.2 Å². The maximum atomic E-state index is 9.50. The highest BCUT2D eigenvalue weighted by atomic mass is 16.3. The Bertz CT molecular complexity index is 321. The molecule has 2 aliphatic carbocycles. The number of aliphatic hydroxyl groups is 1. The summed E-state index contributed by atoms with van der Waals surface area (Å²) in [5, 5.41) is 9.50. The van der Waals surface area contributed by atoms with Gasteiger partial charge in [0.2, 0.25) is 0 Å². The fourth-order valence-electron chi connectivity index (χ4n) is 4.31. The largest absolute Gasteiger partial charge is 0.392 e. The van der Waals surface area contributed by atoms with Crippen molar-refractivity contribution in [1.29, 1.82) is 0 Å². The van der Waals surface area contributed by atoms with Gasteiger partial charge >= 0.3 is 0 Å². The van der Waals surface area contributed by atoms with E-state index in [2.05, 4.69) is 27.7 Å². The summed E-state index contributed by atoms with van der Waals surface area (Å²) in [5.41, 5.74) is 3.38. The molecule has 0 saturated heterocycles. The first kappa shape index (κ1) is 14.1. The van der Waals surface area contributed by atoms with E-state index in [4.69, 9.17) is 0 Å². The Kier molecular flexibility index (Phi) is 4.21. The van der Waals surface area contributed by atoms with Crippen LogP contribution in [0.3, 0.4) is 0 Å². The van der Waals surface area contributed by atoms with E-state index in [-0.39, 0.29) is 6.61 Å². The van der Waals surface area contributed by atoms with Crippen molar-refractivity contribution in [2.75, 3.05) is 6.61 Å². The van der Waals surface area contributed by atoms with Crippen LogP contribution in [0.25, 0.3) is 0 Å². The Morgan fingerprint density at radius 3 is 2.61 bits per heavy atom. The molecule has 0 heterocycles. The zero-order chi connectivity index (χ0) is 13.3. The molecule has 2 saturated carbocycles. The fourth-order valence-corrected chi connectivity index (χ4v) is 4.31. The van der Waals surface area contributed by atoms with E-state index in [9.17, 15) is 5.11 Å². The Hall–Kier alpha value is -0.300. The lowest BCUT2D eigenvalue weighted by Gasteiger charge is -2.51. The first-order chi connectivity index (χ1) is 8.50. The van der Waals surface area contributed by atoms with E-state index >= 15 is 0 Å². The Morgan fingerprint density at radius 2 is 2.00 bits per heavy atom. The molecular formula is C17H30O. The number of hydrogen-bond donors (Lipinski definition) is 1. The van der Waals surface area contributed by atoms with E-state index in [0.29, 0.717) is 5.41 Å². The minimum Gasteiger partial charge on any atom is -0.392 e. The molecule has 1 nitrogen and oxygen atoms in total. The van der Waals surface area contributed by atoms with Gasteiger partial charge in [0.15, 0.2) is 0 Å². The number of hydrogen-bond acceptors (Lipinski definition) is 1. The van der Waals surface area contributed by atoms with E-state index < -0.39 is 0 Å². The van der Waals surface area contributed by atoms with Crippen LogP contribution in [0.15, 0.2) is 11.1 Å². The Balaban J connectivity index is 2.21. The van der Waals surface area contributed by atoms with Gasteiger partial charge < -0.3 is 5.11 Å². The lowest BCUT2D eigenvalue weighted by atomic mass is 9.54. The van der Waals surface area contributed by atoms with Crippen LogP contribution < -0.4 is 0 Å². The minimum absolute atomic E-state index is 0.277. The smallest absolute Gasteiger partial charge is 0.0644 e. The molecule has 1 N–H and O–H groups in total. The second-order valence-corrected chi connectivity index (χ2v) is 7.13. The molecule has 0 amide bonds. The number of fused-ring (bicyclic) bond motifs is 1. The van der Waals surface area contributed by atoms with Crippen molar-refractivity contribution in [3.8, 4) is 0 Å². The Morgan fingerprint density at radius 1 is 1.28 bits per heavy atom. The van der Waals surface area contributed by atoms with Crippen molar-refractivity contribution in [3.05, 3.63) is 11.1 Å². The third-order valence-electron chi connectivity index (χ3n) is 6.17. The van der Waals surface area contributed by atoms with Crippen LogP contribution in [0.4, 0.5) is 0 Å². The van der Waals surface area contributed by atoms with Gasteiger partial charge in [-0.15, -0.1) is 0 Å². The van der Waals surface area contributed by atoms with Gasteiger partial charge in [0.25, 0.3) is 0 Å². The summed E-state index contributed by atoms with van der Waals surface area (Å²) in [5.74, 6) is 2.63. The van der Waals surface area contributed by atoms with Gasteiger partial charge in [-0.3, -0.25) is 0 Å². The Labute approximate surface area is 113 Å². The first-order valence-corrected chi connectivity index (χ1v) is 7.81. The lowest BCUT2D eigenvalue weighted by molar-refractivity contribution is 0.00682. The van der Waals surface area contributed by atoms with Crippen molar-refractivity contribution >= 4 is 0 Å². The van der Waals surface area contributed by atoms with Gasteiger partial charge in [0, 0.05) is 0 Å². The predicted molar refractivity (Wildman–Crippen MR) is 77.4 cm³/mol. The molecule has 0 aromatic carbocycles. The van der Waals surface area contributed by atoms with E-state index in [1.165, 1.54) is 37.7 Å². The molecule has 2 fully saturated rings. The van der Waals surface area contributed by atoms with Gasteiger partial charge in [-0.05, 0) is 67.3 Å². The molecule has 3 unspecified atom stereocenters. The summed E-state index contributed by atoms with van der Waals surface area (Å²) in [6.07, 6.45) is 7.73. The minimum atomic E-state index is 0.277. The molecule has 0 bridgehead atoms. The van der Waals surface area contributed by atoms with Gasteiger partial charge in [-0.25, -0.2) is 0 Å². The van der Waals surface area contributed by atoms with Crippen molar-refractivity contribution < 1.29 is 5.11 Å². The summed E-state index contributed by atoms with van der Waals surface area (Å²) in [6, 6.07) is 0. The molecule has 18 heavy (non-hydrogen) atoms. The maximum absolute atomic E-state index is 9.50. The number of allylic oxidation sites excluding steroid dienone is 1. The van der Waals surface area contributed by atoms with Gasteiger partial charge in [-0.2, -0.15) is 0 Å². The van der Waals surface area contributed by atoms with E-state index in [0.717, 1.165) is 24.2 Å². The van der Waals surface area contributed by atoms with Crippen molar-refractivity contribution in [2.45, 2.75) is 66.2 Å². The van der Waals surface area contributed by atoms with Crippen molar-refractivity contribution in [2.24, 2.45) is 23.2 Å². The standard InChI is InChI=1S/C17H30O/c1-5-13(11-18)15-9-8-14-7-6-12(2)17(3,4)16(14)10-15/h12,14,16,18H,5-11H2,1-4H3/b15-13-. The molecular weight excluding hydrogens is 220 g/mol. The molecule has 0 aromatic heterocycles. The quantitative estimate of drug-likeness (QED) is 0.712. The molecule has 104 valence electrons. The number of aliphatic hydroxyl groups excluding tert-OH is 1. The van der Waals surface area contributed by atoms with Crippen LogP contribution in [-0.4, -0.2) is 11.7 Å². The average Bonchev–Trinajstić information content (AvgIpc) is 2.36. The molecule has 1 heteroatoms. The SMILES string of the molecule is CC/C(CO)=C1\CCC2CCC(C)C(C)(C)C2C1. The number of rotatable bonds is 2. The van der Waals surface area contributed by atoms with Crippen LogP contribution in [0.2, 0.25) is 0 Å². The van der Waals surface area contributed by atoms with Gasteiger partial charge in [-0.1, -0.05) is 33.3 Å². The van der Waals surface area contributed by atoms with E-state index in [1.54, 1.807) is 5.57 Å². The van der Waals surface area contributed by atoms with Gasteiger partial charge in [0.05, 0.1) is 6.61 Å². The average molecular weight is 250 g/mol. The van der Waals surface area contributed by atoms with Crippen molar-refractivity contribution in [3.63, 3.8) is 0 Å². The summed E-state index contributed by atoms with van der Waals surface area (Å²) in [6.45, 7) is 9.84. The molecule has 2 rings (SSSR count). The zero-order valence-corrected chi connectivity index (χ0v) is 12.6. The summed E-state index contributed by atoms with van der Waals surface area (Å²) in [4.78, 5) is 0. The second-order valence-electron chi connectivity index (χ2n) is 7.13. The highest BCUT2D eigenvalue weighted by Gasteiger charge is 2.44. The predicted octanol–water partition coefficient (Wildman–Crippen LogP) is 4.56. The highest BCUT2D eigenvalue weighted by molar-refractivity contribution is 5.19. The molecule has 0 aromatic rings. The summed E-state index contributed by atoms with van der Waals surface area (Å²) in [7, 11) is 0. The molecule has 0 radical (unpaired) electrons. The monoisotopic (exact) mass is 250 g/mol. The molecule has 3 atom stereocenters. The van der Waals surface area contributed by atoms with Gasteiger partial charge in [0.1, 0.15) is 0 Å². The van der Waals surface area contributed by atoms with Crippen LogP contribution >= 0.6 is 0 Å². The zero-order valence-electron chi connectivity index (χ0n) is 12.6. The maximum Gasteiger partial charge on any atom is 0.0644 e. The highest BCUT2D eigenvalue weighted by Crippen LogP contribution is 2.54. The van der Waals surface area contributed by atoms with Crippen LogP contribution in [0.5, 0.6) is 0 Å². The topological polar surface area (TPSA) is 20.2 Å². The summed E-state index contributed by atoms with van der Waals surface area (Å²) >= 11 is 0. The normalized spacial score (nSPS) is 38.2. The third kappa shape index (κ3) is 2.39. The van der Waals surface area contributed by atoms with E-state index in [1.807, 2.05) is 0 Å². The molecule has 2 aliphatic rings. The van der Waals surface area contributed by atoms with Crippen molar-refractivity contribution in [1.82, 2.24) is 0 Å². The summed E-state index contributed by atoms with van der Waals surface area (Å²) < 4.78 is 0.